The van der Waals surface area contributed by atoms with E-state index in [0.717, 1.165) is 43.4 Å². The van der Waals surface area contributed by atoms with Crippen molar-refractivity contribution in [3.63, 3.8) is 0 Å². The number of hydrogen-bond acceptors (Lipinski definition) is 5. The summed E-state index contributed by atoms with van der Waals surface area (Å²) in [5, 5.41) is 0. The first kappa shape index (κ1) is 25.4. The molecule has 0 N–H and O–H groups in total. The fraction of sp³-hybridized carbons (Fsp3) is 0.290. The van der Waals surface area contributed by atoms with Gasteiger partial charge in [0.25, 0.3) is 0 Å². The molecular formula is C31H29F3N4O. The molecule has 2 aliphatic rings. The minimum atomic E-state index is -0.662. The van der Waals surface area contributed by atoms with Gasteiger partial charge in [0, 0.05) is 17.7 Å². The zero-order valence-corrected chi connectivity index (χ0v) is 21.7. The molecule has 6 rings (SSSR count). The average Bonchev–Trinajstić information content (AvgIpc) is 2.95. The highest BCUT2D eigenvalue weighted by atomic mass is 19.1. The smallest absolute Gasteiger partial charge is 0.178 e. The van der Waals surface area contributed by atoms with E-state index < -0.39 is 11.6 Å². The van der Waals surface area contributed by atoms with Gasteiger partial charge in [0.15, 0.2) is 17.4 Å². The summed E-state index contributed by atoms with van der Waals surface area (Å²) >= 11 is 0. The minimum Gasteiger partial charge on any atom is -0.486 e. The predicted molar refractivity (Wildman–Crippen MR) is 145 cm³/mol. The van der Waals surface area contributed by atoms with Crippen LogP contribution in [0.25, 0.3) is 11.3 Å². The molecule has 0 radical (unpaired) electrons. The van der Waals surface area contributed by atoms with Crippen molar-refractivity contribution in [2.45, 2.75) is 25.2 Å². The summed E-state index contributed by atoms with van der Waals surface area (Å²) in [4.78, 5) is 12.8. The van der Waals surface area contributed by atoms with Crippen LogP contribution in [0.1, 0.15) is 35.7 Å². The van der Waals surface area contributed by atoms with Gasteiger partial charge in [-0.1, -0.05) is 30.3 Å². The summed E-state index contributed by atoms with van der Waals surface area (Å²) in [6, 6.07) is 17.8. The molecule has 0 amide bonds. The molecule has 5 nitrogen and oxygen atoms in total. The largest absolute Gasteiger partial charge is 0.486 e. The minimum absolute atomic E-state index is 0.0105. The zero-order valence-electron chi connectivity index (χ0n) is 21.7. The maximum absolute atomic E-state index is 15.2. The molecule has 4 aromatic rings. The molecule has 8 heteroatoms. The highest BCUT2D eigenvalue weighted by molar-refractivity contribution is 5.77. The number of hydrogen-bond donors (Lipinski definition) is 0. The number of rotatable bonds is 5. The second-order valence-corrected chi connectivity index (χ2v) is 10.2. The number of nitrogens with zero attached hydrogens (tertiary/aromatic N) is 4. The molecule has 2 aliphatic heterocycles. The van der Waals surface area contributed by atoms with E-state index in [0.29, 0.717) is 30.2 Å². The molecule has 0 aliphatic carbocycles. The van der Waals surface area contributed by atoms with E-state index in [1.54, 1.807) is 6.07 Å². The predicted octanol–water partition coefficient (Wildman–Crippen LogP) is 6.49. The van der Waals surface area contributed by atoms with Crippen LogP contribution in [0.5, 0.6) is 5.75 Å². The molecule has 1 saturated heterocycles. The van der Waals surface area contributed by atoms with Gasteiger partial charge in [0.05, 0.1) is 18.4 Å². The van der Waals surface area contributed by atoms with E-state index in [2.05, 4.69) is 21.9 Å². The van der Waals surface area contributed by atoms with Crippen molar-refractivity contribution < 1.29 is 17.9 Å². The lowest BCUT2D eigenvalue weighted by Gasteiger charge is -2.32. The third-order valence-electron chi connectivity index (χ3n) is 7.60. The van der Waals surface area contributed by atoms with Gasteiger partial charge >= 0.3 is 0 Å². The molecule has 0 bridgehead atoms. The first-order valence-corrected chi connectivity index (χ1v) is 13.2. The quantitative estimate of drug-likeness (QED) is 0.295. The van der Waals surface area contributed by atoms with Gasteiger partial charge in [-0.15, -0.1) is 0 Å². The first-order valence-electron chi connectivity index (χ1n) is 13.2. The van der Waals surface area contributed by atoms with Gasteiger partial charge in [0.1, 0.15) is 23.9 Å². The van der Waals surface area contributed by atoms with E-state index in [4.69, 9.17) is 4.74 Å². The Bertz CT molecular complexity index is 1490. The van der Waals surface area contributed by atoms with Crippen LogP contribution in [0.4, 0.5) is 24.5 Å². The molecule has 3 heterocycles. The highest BCUT2D eigenvalue weighted by Crippen LogP contribution is 2.41. The topological polar surface area (TPSA) is 41.5 Å². The molecule has 39 heavy (non-hydrogen) atoms. The molecule has 1 aromatic heterocycles. The van der Waals surface area contributed by atoms with Crippen molar-refractivity contribution in [2.24, 2.45) is 0 Å². The average molecular weight is 531 g/mol. The van der Waals surface area contributed by atoms with Gasteiger partial charge in [-0.25, -0.2) is 23.1 Å². The van der Waals surface area contributed by atoms with Crippen molar-refractivity contribution in [2.75, 3.05) is 38.2 Å². The molecule has 1 fully saturated rings. The Morgan fingerprint density at radius 3 is 2.46 bits per heavy atom. The summed E-state index contributed by atoms with van der Waals surface area (Å²) in [6.07, 6.45) is 3.18. The monoisotopic (exact) mass is 530 g/mol. The Balaban J connectivity index is 1.29. The fourth-order valence-electron chi connectivity index (χ4n) is 5.50. The zero-order chi connectivity index (χ0) is 26.9. The third-order valence-corrected chi connectivity index (χ3v) is 7.60. The second-order valence-electron chi connectivity index (χ2n) is 10.2. The fourth-order valence-corrected chi connectivity index (χ4v) is 5.50. The first-order chi connectivity index (χ1) is 19.0. The molecule has 0 spiro atoms. The van der Waals surface area contributed by atoms with Crippen LogP contribution >= 0.6 is 0 Å². The van der Waals surface area contributed by atoms with Gasteiger partial charge in [-0.3, -0.25) is 0 Å². The van der Waals surface area contributed by atoms with Gasteiger partial charge in [-0.05, 0) is 80.4 Å². The summed E-state index contributed by atoms with van der Waals surface area (Å²) in [6.45, 7) is 2.76. The van der Waals surface area contributed by atoms with Crippen LogP contribution in [0.3, 0.4) is 0 Å². The summed E-state index contributed by atoms with van der Waals surface area (Å²) < 4.78 is 50.8. The number of fused-ring (bicyclic) bond motifs is 1. The number of likely N-dealkylation sites (tertiary alicyclic amines) is 1. The van der Waals surface area contributed by atoms with Crippen LogP contribution in [0.2, 0.25) is 0 Å². The number of ether oxygens (including phenoxy) is 1. The lowest BCUT2D eigenvalue weighted by molar-refractivity contribution is 0.253. The maximum Gasteiger partial charge on any atom is 0.178 e. The van der Waals surface area contributed by atoms with E-state index in [1.165, 1.54) is 12.1 Å². The van der Waals surface area contributed by atoms with Crippen molar-refractivity contribution in [3.05, 3.63) is 101 Å². The Morgan fingerprint density at radius 1 is 0.897 bits per heavy atom. The number of benzene rings is 3. The highest BCUT2D eigenvalue weighted by Gasteiger charge is 2.26. The van der Waals surface area contributed by atoms with Crippen molar-refractivity contribution in [1.82, 2.24) is 14.9 Å². The molecule has 3 aromatic carbocycles. The molecular weight excluding hydrogens is 501 g/mol. The van der Waals surface area contributed by atoms with E-state index in [1.807, 2.05) is 47.4 Å². The lowest BCUT2D eigenvalue weighted by atomic mass is 9.88. The third kappa shape index (κ3) is 5.21. The van der Waals surface area contributed by atoms with Crippen molar-refractivity contribution in [3.8, 4) is 17.0 Å². The lowest BCUT2D eigenvalue weighted by Crippen LogP contribution is -2.29. The van der Waals surface area contributed by atoms with Crippen LogP contribution in [0, 0.1) is 17.5 Å². The molecule has 0 atom stereocenters. The SMILES string of the molecule is CN1CCC(c2ccc(Cc3ncc(F)c(-c4cc(F)c5c(c4)N(c4ccccc4)CCO5)n3)cc2F)CC1. The van der Waals surface area contributed by atoms with Crippen molar-refractivity contribution in [1.29, 1.82) is 0 Å². The Labute approximate surface area is 225 Å². The summed E-state index contributed by atoms with van der Waals surface area (Å²) in [5.74, 6) is -0.820. The van der Waals surface area contributed by atoms with Crippen LogP contribution in [-0.4, -0.2) is 48.2 Å². The number of piperidine rings is 1. The molecule has 0 unspecified atom stereocenters. The normalized spacial score (nSPS) is 16.2. The van der Waals surface area contributed by atoms with E-state index in [-0.39, 0.29) is 35.2 Å². The van der Waals surface area contributed by atoms with E-state index in [9.17, 15) is 4.39 Å². The van der Waals surface area contributed by atoms with Crippen LogP contribution in [-0.2, 0) is 6.42 Å². The number of halogens is 3. The summed E-state index contributed by atoms with van der Waals surface area (Å²) in [7, 11) is 2.08. The van der Waals surface area contributed by atoms with Crippen molar-refractivity contribution >= 4 is 11.4 Å². The Morgan fingerprint density at radius 2 is 1.69 bits per heavy atom. The van der Waals surface area contributed by atoms with Gasteiger partial charge in [0.2, 0.25) is 0 Å². The summed E-state index contributed by atoms with van der Waals surface area (Å²) in [5.41, 5.74) is 3.09. The van der Waals surface area contributed by atoms with Crippen LogP contribution < -0.4 is 9.64 Å². The second kappa shape index (κ2) is 10.7. The molecule has 0 saturated carbocycles. The van der Waals surface area contributed by atoms with Gasteiger partial charge in [-0.2, -0.15) is 0 Å². The maximum atomic E-state index is 15.2. The number of aromatic nitrogens is 2. The number of para-hydroxylation sites is 1. The standard InChI is InChI=1S/C31H29F3N4O/c1-37-11-9-21(10-12-37)24-8-7-20(15-25(24)32)16-29-35-19-27(34)30(36-29)22-17-26(33)31-28(18-22)38(13-14-39-31)23-5-3-2-4-6-23/h2-8,15,17-19,21H,9-14,16H2,1H3. The van der Waals surface area contributed by atoms with Gasteiger partial charge < -0.3 is 14.5 Å². The Kier molecular flexibility index (Phi) is 6.95. The molecule has 200 valence electrons. The number of anilines is 2. The van der Waals surface area contributed by atoms with E-state index >= 15 is 8.78 Å². The van der Waals surface area contributed by atoms with Crippen LogP contribution in [0.15, 0.2) is 66.9 Å². The Hall–Kier alpha value is -3.91.